The zero-order chi connectivity index (χ0) is 10.7. The number of benzene rings is 1. The zero-order valence-electron chi connectivity index (χ0n) is 8.95. The molecule has 0 amide bonds. The van der Waals surface area contributed by atoms with Gasteiger partial charge in [0, 0.05) is 36.0 Å². The van der Waals surface area contributed by atoms with Crippen molar-refractivity contribution in [2.24, 2.45) is 0 Å². The van der Waals surface area contributed by atoms with E-state index < -0.39 is 0 Å². The Kier molecular flexibility index (Phi) is 3.86. The number of ether oxygens (including phenoxy) is 1. The highest BCUT2D eigenvalue weighted by atomic mass is 127. The van der Waals surface area contributed by atoms with Gasteiger partial charge in [-0.05, 0) is 31.9 Å². The van der Waals surface area contributed by atoms with Crippen LogP contribution in [0.5, 0.6) is 5.75 Å². The molecule has 0 N–H and O–H groups in total. The van der Waals surface area contributed by atoms with Gasteiger partial charge in [0.15, 0.2) is 0 Å². The molecule has 0 spiro atoms. The number of hydrogen-bond acceptors (Lipinski definition) is 2. The highest BCUT2D eigenvalue weighted by Gasteiger charge is 2.18. The fourth-order valence-electron chi connectivity index (χ4n) is 1.75. The van der Waals surface area contributed by atoms with Crippen LogP contribution < -0.4 is 4.74 Å². The number of rotatable bonds is 2. The van der Waals surface area contributed by atoms with Crippen molar-refractivity contribution in [3.05, 3.63) is 29.8 Å². The number of hydrogen-bond donors (Lipinski definition) is 0. The van der Waals surface area contributed by atoms with Gasteiger partial charge in [-0.3, -0.25) is 0 Å². The predicted octanol–water partition coefficient (Wildman–Crippen LogP) is 3.19. The van der Waals surface area contributed by atoms with Crippen LogP contribution >= 0.6 is 22.9 Å². The monoisotopic (exact) mass is 317 g/mol. The molecule has 2 nitrogen and oxygen atoms in total. The molecule has 1 aliphatic heterocycles. The van der Waals surface area contributed by atoms with Crippen LogP contribution in [0.3, 0.4) is 0 Å². The largest absolute Gasteiger partial charge is 0.490 e. The summed E-state index contributed by atoms with van der Waals surface area (Å²) < 4.78 is 8.25. The van der Waals surface area contributed by atoms with E-state index in [1.54, 1.807) is 0 Å². The molecule has 0 bridgehead atoms. The SMILES string of the molecule is Cc1ccc(OC2CCN(I)CC2)cc1. The van der Waals surface area contributed by atoms with Crippen LogP contribution in [0.4, 0.5) is 0 Å². The van der Waals surface area contributed by atoms with E-state index in [1.165, 1.54) is 5.56 Å². The summed E-state index contributed by atoms with van der Waals surface area (Å²) in [5.41, 5.74) is 1.28. The quantitative estimate of drug-likeness (QED) is 0.614. The first-order valence-electron chi connectivity index (χ1n) is 5.38. The van der Waals surface area contributed by atoms with Gasteiger partial charge < -0.3 is 4.74 Å². The number of halogens is 1. The maximum Gasteiger partial charge on any atom is 0.119 e. The van der Waals surface area contributed by atoms with Crippen LogP contribution in [0.25, 0.3) is 0 Å². The van der Waals surface area contributed by atoms with Crippen LogP contribution in [-0.4, -0.2) is 22.3 Å². The molecule has 0 aliphatic carbocycles. The smallest absolute Gasteiger partial charge is 0.119 e. The molecule has 82 valence electrons. The molecule has 2 rings (SSSR count). The Bertz CT molecular complexity index is 304. The van der Waals surface area contributed by atoms with Crippen molar-refractivity contribution in [1.82, 2.24) is 3.11 Å². The van der Waals surface area contributed by atoms with Gasteiger partial charge in [-0.2, -0.15) is 0 Å². The number of piperidine rings is 1. The molecule has 0 saturated carbocycles. The van der Waals surface area contributed by atoms with Crippen molar-refractivity contribution in [3.63, 3.8) is 0 Å². The van der Waals surface area contributed by atoms with Crippen LogP contribution in [-0.2, 0) is 0 Å². The third-order valence-corrected chi connectivity index (χ3v) is 3.68. The topological polar surface area (TPSA) is 12.5 Å². The Morgan fingerprint density at radius 2 is 1.80 bits per heavy atom. The van der Waals surface area contributed by atoms with Gasteiger partial charge in [0.05, 0.1) is 0 Å². The van der Waals surface area contributed by atoms with Gasteiger partial charge in [0.1, 0.15) is 11.9 Å². The molecule has 1 aromatic rings. The normalized spacial score (nSPS) is 19.1. The first-order chi connectivity index (χ1) is 7.24. The van der Waals surface area contributed by atoms with E-state index in [0.717, 1.165) is 31.7 Å². The second-order valence-corrected chi connectivity index (χ2v) is 5.40. The summed E-state index contributed by atoms with van der Waals surface area (Å²) in [6.45, 7) is 4.37. The Morgan fingerprint density at radius 1 is 1.20 bits per heavy atom. The maximum atomic E-state index is 5.93. The average Bonchev–Trinajstić information content (AvgIpc) is 2.25. The fraction of sp³-hybridized carbons (Fsp3) is 0.500. The van der Waals surface area contributed by atoms with E-state index in [9.17, 15) is 0 Å². The van der Waals surface area contributed by atoms with Crippen LogP contribution in [0, 0.1) is 6.92 Å². The summed E-state index contributed by atoms with van der Waals surface area (Å²) in [6, 6.07) is 8.32. The summed E-state index contributed by atoms with van der Waals surface area (Å²) in [6.07, 6.45) is 2.67. The standard InChI is InChI=1S/C12H16INO/c1-10-2-4-11(5-3-10)15-12-6-8-14(13)9-7-12/h2-5,12H,6-9H2,1H3. The van der Waals surface area contributed by atoms with Crippen LogP contribution in [0.1, 0.15) is 18.4 Å². The van der Waals surface area contributed by atoms with E-state index in [1.807, 2.05) is 0 Å². The van der Waals surface area contributed by atoms with Gasteiger partial charge >= 0.3 is 0 Å². The summed E-state index contributed by atoms with van der Waals surface area (Å²) >= 11 is 2.38. The molecule has 0 atom stereocenters. The Morgan fingerprint density at radius 3 is 2.40 bits per heavy atom. The van der Waals surface area contributed by atoms with Crippen LogP contribution in [0.2, 0.25) is 0 Å². The predicted molar refractivity (Wildman–Crippen MR) is 70.4 cm³/mol. The van der Waals surface area contributed by atoms with Crippen molar-refractivity contribution in [2.75, 3.05) is 13.1 Å². The maximum absolute atomic E-state index is 5.93. The van der Waals surface area contributed by atoms with E-state index >= 15 is 0 Å². The molecule has 1 aromatic carbocycles. The second kappa shape index (κ2) is 5.16. The molecule has 1 aliphatic rings. The van der Waals surface area contributed by atoms with E-state index in [-0.39, 0.29) is 0 Å². The zero-order valence-corrected chi connectivity index (χ0v) is 11.1. The first-order valence-corrected chi connectivity index (χ1v) is 6.34. The molecule has 0 unspecified atom stereocenters. The lowest BCUT2D eigenvalue weighted by atomic mass is 10.1. The molecule has 1 fully saturated rings. The Balaban J connectivity index is 1.89. The highest BCUT2D eigenvalue weighted by Crippen LogP contribution is 2.20. The van der Waals surface area contributed by atoms with Gasteiger partial charge in [-0.1, -0.05) is 17.7 Å². The Labute approximate surface area is 105 Å². The lowest BCUT2D eigenvalue weighted by Gasteiger charge is -2.28. The average molecular weight is 317 g/mol. The Hall–Kier alpha value is -0.290. The number of aryl methyl sites for hydroxylation is 1. The number of nitrogens with zero attached hydrogens (tertiary/aromatic N) is 1. The van der Waals surface area contributed by atoms with Crippen LogP contribution in [0.15, 0.2) is 24.3 Å². The van der Waals surface area contributed by atoms with Crippen molar-refractivity contribution >= 4 is 22.9 Å². The summed E-state index contributed by atoms with van der Waals surface area (Å²) in [7, 11) is 0. The van der Waals surface area contributed by atoms with E-state index in [0.29, 0.717) is 6.10 Å². The molecule has 0 aromatic heterocycles. The van der Waals surface area contributed by atoms with E-state index in [4.69, 9.17) is 4.74 Å². The fourth-order valence-corrected chi connectivity index (χ4v) is 2.31. The highest BCUT2D eigenvalue weighted by molar-refractivity contribution is 14.1. The van der Waals surface area contributed by atoms with E-state index in [2.05, 4.69) is 57.2 Å². The van der Waals surface area contributed by atoms with Gasteiger partial charge in [-0.15, -0.1) is 0 Å². The second-order valence-electron chi connectivity index (χ2n) is 4.04. The lowest BCUT2D eigenvalue weighted by molar-refractivity contribution is 0.144. The van der Waals surface area contributed by atoms with Crippen molar-refractivity contribution in [2.45, 2.75) is 25.9 Å². The van der Waals surface area contributed by atoms with Crippen molar-refractivity contribution in [3.8, 4) is 5.75 Å². The summed E-state index contributed by atoms with van der Waals surface area (Å²) in [5, 5.41) is 0. The molecule has 0 radical (unpaired) electrons. The van der Waals surface area contributed by atoms with Crippen molar-refractivity contribution < 1.29 is 4.74 Å². The molecule has 1 saturated heterocycles. The molecule has 1 heterocycles. The molecular weight excluding hydrogens is 301 g/mol. The minimum Gasteiger partial charge on any atom is -0.490 e. The summed E-state index contributed by atoms with van der Waals surface area (Å²) in [4.78, 5) is 0. The minimum atomic E-state index is 0.402. The van der Waals surface area contributed by atoms with Gasteiger partial charge in [0.25, 0.3) is 0 Å². The molecule has 3 heteroatoms. The minimum absolute atomic E-state index is 0.402. The lowest BCUT2D eigenvalue weighted by Crippen LogP contribution is -2.32. The molecule has 15 heavy (non-hydrogen) atoms. The first kappa shape index (κ1) is 11.2. The third-order valence-electron chi connectivity index (χ3n) is 2.71. The van der Waals surface area contributed by atoms with Gasteiger partial charge in [0.2, 0.25) is 0 Å². The van der Waals surface area contributed by atoms with Gasteiger partial charge in [-0.25, -0.2) is 3.11 Å². The van der Waals surface area contributed by atoms with Crippen molar-refractivity contribution in [1.29, 1.82) is 0 Å². The summed E-state index contributed by atoms with van der Waals surface area (Å²) in [5.74, 6) is 1.01. The molecular formula is C12H16INO. The third kappa shape index (κ3) is 3.34.